The lowest BCUT2D eigenvalue weighted by Crippen LogP contribution is -2.46. The summed E-state index contributed by atoms with van der Waals surface area (Å²) in [6.07, 6.45) is 2.08. The smallest absolute Gasteiger partial charge is 0.407 e. The van der Waals surface area contributed by atoms with Crippen LogP contribution < -0.4 is 10.6 Å². The number of halogens is 1. The van der Waals surface area contributed by atoms with Gasteiger partial charge in [0.25, 0.3) is 0 Å². The molecule has 1 aliphatic heterocycles. The molecular formula is C32H41BrN4O4. The van der Waals surface area contributed by atoms with E-state index in [1.807, 2.05) is 62.1 Å². The van der Waals surface area contributed by atoms with E-state index in [9.17, 15) is 14.4 Å². The SMILES string of the molecule is CC(=O)NCCn1c(C2CCCN(C(=O)CC(Cc3ccc(Br)cc3)NC(=O)OC(C)(C)C)C2)cc2ccccc21. The lowest BCUT2D eigenvalue weighted by Gasteiger charge is -2.34. The number of rotatable bonds is 9. The molecule has 2 unspecified atom stereocenters. The molecule has 2 aromatic carbocycles. The van der Waals surface area contributed by atoms with Crippen molar-refractivity contribution in [3.05, 3.63) is 70.3 Å². The number of hydrogen-bond acceptors (Lipinski definition) is 4. The van der Waals surface area contributed by atoms with Gasteiger partial charge in [-0.2, -0.15) is 0 Å². The van der Waals surface area contributed by atoms with E-state index in [2.05, 4.69) is 49.3 Å². The van der Waals surface area contributed by atoms with E-state index >= 15 is 0 Å². The first-order chi connectivity index (χ1) is 19.5. The number of piperidine rings is 1. The number of carbonyl (C=O) groups is 3. The Labute approximate surface area is 250 Å². The first-order valence-electron chi connectivity index (χ1n) is 14.3. The van der Waals surface area contributed by atoms with Gasteiger partial charge in [0.05, 0.1) is 0 Å². The van der Waals surface area contributed by atoms with Crippen LogP contribution in [0.2, 0.25) is 0 Å². The minimum Gasteiger partial charge on any atom is -0.444 e. The zero-order valence-corrected chi connectivity index (χ0v) is 26.0. The van der Waals surface area contributed by atoms with Gasteiger partial charge in [-0.25, -0.2) is 4.79 Å². The second-order valence-corrected chi connectivity index (χ2v) is 12.7. The van der Waals surface area contributed by atoms with E-state index in [1.54, 1.807) is 0 Å². The Balaban J connectivity index is 1.49. The van der Waals surface area contributed by atoms with Crippen LogP contribution in [-0.4, -0.2) is 58.7 Å². The van der Waals surface area contributed by atoms with Crippen LogP contribution in [-0.2, 0) is 27.3 Å². The van der Waals surface area contributed by atoms with Gasteiger partial charge in [-0.15, -0.1) is 0 Å². The molecule has 2 heterocycles. The maximum Gasteiger partial charge on any atom is 0.407 e. The maximum atomic E-state index is 13.7. The number of nitrogens with zero attached hydrogens (tertiary/aromatic N) is 2. The van der Waals surface area contributed by atoms with Crippen molar-refractivity contribution in [2.45, 2.75) is 77.5 Å². The fourth-order valence-corrected chi connectivity index (χ4v) is 5.77. The van der Waals surface area contributed by atoms with E-state index in [0.29, 0.717) is 32.6 Å². The van der Waals surface area contributed by atoms with E-state index in [1.165, 1.54) is 12.6 Å². The lowest BCUT2D eigenvalue weighted by atomic mass is 9.93. The minimum absolute atomic E-state index is 0.0220. The Morgan fingerprint density at radius 3 is 2.54 bits per heavy atom. The third kappa shape index (κ3) is 8.83. The van der Waals surface area contributed by atoms with Crippen LogP contribution in [0.15, 0.2) is 59.1 Å². The number of hydrogen-bond donors (Lipinski definition) is 2. The summed E-state index contributed by atoms with van der Waals surface area (Å²) in [5, 5.41) is 7.02. The molecule has 4 rings (SSSR count). The van der Waals surface area contributed by atoms with Gasteiger partial charge in [0, 0.05) is 67.2 Å². The maximum absolute atomic E-state index is 13.7. The minimum atomic E-state index is -0.630. The molecule has 0 aliphatic carbocycles. The summed E-state index contributed by atoms with van der Waals surface area (Å²) in [6.45, 7) is 9.53. The van der Waals surface area contributed by atoms with E-state index in [-0.39, 0.29) is 24.2 Å². The number of nitrogens with one attached hydrogen (secondary N) is 2. The van der Waals surface area contributed by atoms with Crippen molar-refractivity contribution < 1.29 is 19.1 Å². The van der Waals surface area contributed by atoms with Crippen LogP contribution in [0.25, 0.3) is 10.9 Å². The summed E-state index contributed by atoms with van der Waals surface area (Å²) in [7, 11) is 0. The fraction of sp³-hybridized carbons (Fsp3) is 0.469. The zero-order valence-electron chi connectivity index (χ0n) is 24.4. The number of aromatic nitrogens is 1. The van der Waals surface area contributed by atoms with Crippen LogP contribution in [0.3, 0.4) is 0 Å². The second-order valence-electron chi connectivity index (χ2n) is 11.8. The molecule has 8 nitrogen and oxygen atoms in total. The highest BCUT2D eigenvalue weighted by atomic mass is 79.9. The summed E-state index contributed by atoms with van der Waals surface area (Å²) >= 11 is 3.47. The largest absolute Gasteiger partial charge is 0.444 e. The van der Waals surface area contributed by atoms with E-state index < -0.39 is 17.7 Å². The third-order valence-corrected chi connectivity index (χ3v) is 7.81. The molecule has 1 saturated heterocycles. The van der Waals surface area contributed by atoms with Crippen LogP contribution >= 0.6 is 15.9 Å². The van der Waals surface area contributed by atoms with Crippen LogP contribution in [0.4, 0.5) is 4.79 Å². The predicted octanol–water partition coefficient (Wildman–Crippen LogP) is 5.77. The third-order valence-electron chi connectivity index (χ3n) is 7.28. The first kappa shape index (κ1) is 30.6. The molecule has 0 spiro atoms. The Morgan fingerprint density at radius 1 is 1.10 bits per heavy atom. The van der Waals surface area contributed by atoms with Gasteiger partial charge in [0.1, 0.15) is 5.60 Å². The lowest BCUT2D eigenvalue weighted by molar-refractivity contribution is -0.133. The molecule has 9 heteroatoms. The molecule has 1 fully saturated rings. The van der Waals surface area contributed by atoms with Gasteiger partial charge in [-0.3, -0.25) is 9.59 Å². The van der Waals surface area contributed by atoms with Crippen LogP contribution in [0.5, 0.6) is 0 Å². The van der Waals surface area contributed by atoms with Crippen molar-refractivity contribution in [2.75, 3.05) is 19.6 Å². The Hall–Kier alpha value is -3.33. The molecule has 2 N–H and O–H groups in total. The molecule has 1 aromatic heterocycles. The molecule has 2 atom stereocenters. The molecule has 41 heavy (non-hydrogen) atoms. The highest BCUT2D eigenvalue weighted by Crippen LogP contribution is 2.32. The molecule has 3 amide bonds. The molecule has 220 valence electrons. The van der Waals surface area contributed by atoms with Gasteiger partial charge in [-0.05, 0) is 75.2 Å². The molecule has 0 saturated carbocycles. The summed E-state index contributed by atoms with van der Waals surface area (Å²) in [5.74, 6) is 0.157. The number of carbonyl (C=O) groups excluding carboxylic acids is 3. The Bertz CT molecular complexity index is 1360. The van der Waals surface area contributed by atoms with Gasteiger partial charge < -0.3 is 24.8 Å². The summed E-state index contributed by atoms with van der Waals surface area (Å²) in [5.41, 5.74) is 2.72. The van der Waals surface area contributed by atoms with Crippen molar-refractivity contribution in [1.29, 1.82) is 0 Å². The van der Waals surface area contributed by atoms with Crippen molar-refractivity contribution in [3.8, 4) is 0 Å². The summed E-state index contributed by atoms with van der Waals surface area (Å²) < 4.78 is 8.76. The molecule has 0 bridgehead atoms. The van der Waals surface area contributed by atoms with E-state index in [4.69, 9.17) is 4.74 Å². The van der Waals surface area contributed by atoms with Crippen molar-refractivity contribution >= 4 is 44.7 Å². The average molecular weight is 626 g/mol. The Kier molecular flexibility index (Phi) is 10.1. The number of para-hydroxylation sites is 1. The highest BCUT2D eigenvalue weighted by molar-refractivity contribution is 9.10. The topological polar surface area (TPSA) is 92.7 Å². The van der Waals surface area contributed by atoms with Gasteiger partial charge in [0.15, 0.2) is 0 Å². The average Bonchev–Trinajstić information content (AvgIpc) is 3.27. The van der Waals surface area contributed by atoms with Crippen LogP contribution in [0, 0.1) is 0 Å². The molecule has 0 radical (unpaired) electrons. The fourth-order valence-electron chi connectivity index (χ4n) is 5.50. The number of amides is 3. The molecule has 3 aromatic rings. The zero-order chi connectivity index (χ0) is 29.6. The second kappa shape index (κ2) is 13.6. The van der Waals surface area contributed by atoms with Gasteiger partial charge in [0.2, 0.25) is 11.8 Å². The molecule has 1 aliphatic rings. The number of ether oxygens (including phenoxy) is 1. The van der Waals surface area contributed by atoms with Crippen molar-refractivity contribution in [1.82, 2.24) is 20.1 Å². The normalized spacial score (nSPS) is 16.3. The first-order valence-corrected chi connectivity index (χ1v) is 15.1. The van der Waals surface area contributed by atoms with E-state index in [0.717, 1.165) is 33.8 Å². The number of likely N-dealkylation sites (tertiary alicyclic amines) is 1. The Morgan fingerprint density at radius 2 is 1.83 bits per heavy atom. The number of benzene rings is 2. The summed E-state index contributed by atoms with van der Waals surface area (Å²) in [6, 6.07) is 18.0. The molecular weight excluding hydrogens is 584 g/mol. The predicted molar refractivity (Wildman–Crippen MR) is 165 cm³/mol. The standard InChI is InChI=1S/C32H41BrN4O4/c1-22(38)34-15-17-37-28-10-6-5-8-24(28)19-29(37)25-9-7-16-36(21-25)30(39)20-27(35-31(40)41-32(2,3)4)18-23-11-13-26(33)14-12-23/h5-6,8,10-14,19,25,27H,7,9,15-18,20-21H2,1-4H3,(H,34,38)(H,35,40). The quantitative estimate of drug-likeness (QED) is 0.316. The van der Waals surface area contributed by atoms with Crippen molar-refractivity contribution in [3.63, 3.8) is 0 Å². The van der Waals surface area contributed by atoms with Crippen molar-refractivity contribution in [2.24, 2.45) is 0 Å². The number of alkyl carbamates (subject to hydrolysis) is 1. The monoisotopic (exact) mass is 624 g/mol. The highest BCUT2D eigenvalue weighted by Gasteiger charge is 2.30. The van der Waals surface area contributed by atoms with Gasteiger partial charge in [-0.1, -0.05) is 46.3 Å². The van der Waals surface area contributed by atoms with Gasteiger partial charge >= 0.3 is 6.09 Å². The van der Waals surface area contributed by atoms with Crippen LogP contribution in [0.1, 0.15) is 64.1 Å². The summed E-state index contributed by atoms with van der Waals surface area (Å²) in [4.78, 5) is 39.8. The number of fused-ring (bicyclic) bond motifs is 1.